The van der Waals surface area contributed by atoms with Crippen LogP contribution in [0.4, 0.5) is 19.0 Å². The Hall–Kier alpha value is -1.64. The molecule has 1 amide bonds. The molecule has 0 aliphatic carbocycles. The molecular formula is C8H7F3N2O3S. The first-order chi connectivity index (χ1) is 7.60. The van der Waals surface area contributed by atoms with E-state index < -0.39 is 21.9 Å². The van der Waals surface area contributed by atoms with E-state index in [4.69, 9.17) is 0 Å². The van der Waals surface area contributed by atoms with Crippen molar-refractivity contribution in [3.8, 4) is 0 Å². The first kappa shape index (κ1) is 13.4. The summed E-state index contributed by atoms with van der Waals surface area (Å²) in [5.74, 6) is -2.54. The van der Waals surface area contributed by atoms with Crippen molar-refractivity contribution in [2.24, 2.45) is 0 Å². The summed E-state index contributed by atoms with van der Waals surface area (Å²) in [4.78, 5) is 13.8. The van der Waals surface area contributed by atoms with Crippen molar-refractivity contribution in [3.63, 3.8) is 0 Å². The fourth-order valence-electron chi connectivity index (χ4n) is 0.861. The third-order valence-corrected chi connectivity index (χ3v) is 2.76. The summed E-state index contributed by atoms with van der Waals surface area (Å²) in [6.07, 6.45) is -3.23. The Labute approximate surface area is 94.6 Å². The Morgan fingerprint density at radius 1 is 1.35 bits per heavy atom. The van der Waals surface area contributed by atoms with Crippen LogP contribution in [0.3, 0.4) is 0 Å². The highest BCUT2D eigenvalue weighted by Gasteiger charge is 2.38. The van der Waals surface area contributed by atoms with Crippen molar-refractivity contribution in [3.05, 3.63) is 18.3 Å². The second-order valence-electron chi connectivity index (χ2n) is 3.10. The molecule has 1 rings (SSSR count). The molecule has 0 atom stereocenters. The number of alkyl halides is 3. The number of amides is 1. The van der Waals surface area contributed by atoms with Gasteiger partial charge in [0.1, 0.15) is 5.82 Å². The summed E-state index contributed by atoms with van der Waals surface area (Å²) in [5, 5.41) is 1.49. The van der Waals surface area contributed by atoms with E-state index in [0.717, 1.165) is 24.6 Å². The number of anilines is 1. The molecule has 94 valence electrons. The number of rotatable bonds is 2. The zero-order valence-electron chi connectivity index (χ0n) is 8.45. The maximum atomic E-state index is 11.9. The van der Waals surface area contributed by atoms with Crippen LogP contribution < -0.4 is 5.32 Å². The SMILES string of the molecule is CS(=O)(=O)c1ccc(NC(=O)C(F)(F)F)nc1. The Morgan fingerprint density at radius 3 is 2.29 bits per heavy atom. The second kappa shape index (κ2) is 4.32. The van der Waals surface area contributed by atoms with E-state index in [1.165, 1.54) is 5.32 Å². The number of nitrogens with one attached hydrogen (secondary N) is 1. The molecule has 0 aliphatic rings. The van der Waals surface area contributed by atoms with E-state index in [9.17, 15) is 26.4 Å². The minimum atomic E-state index is -5.02. The van der Waals surface area contributed by atoms with E-state index in [1.807, 2.05) is 0 Å². The minimum absolute atomic E-state index is 0.150. The van der Waals surface area contributed by atoms with Gasteiger partial charge in [-0.15, -0.1) is 0 Å². The highest BCUT2D eigenvalue weighted by atomic mass is 32.2. The number of sulfone groups is 1. The summed E-state index contributed by atoms with van der Waals surface area (Å²) in [6, 6.07) is 2.02. The molecule has 1 aromatic rings. The van der Waals surface area contributed by atoms with Gasteiger partial charge in [-0.25, -0.2) is 13.4 Å². The number of pyridine rings is 1. The van der Waals surface area contributed by atoms with Crippen LogP contribution in [0.2, 0.25) is 0 Å². The number of aromatic nitrogens is 1. The van der Waals surface area contributed by atoms with Gasteiger partial charge in [0.2, 0.25) is 0 Å². The van der Waals surface area contributed by atoms with Gasteiger partial charge in [0.15, 0.2) is 9.84 Å². The van der Waals surface area contributed by atoms with Gasteiger partial charge in [0.05, 0.1) is 4.90 Å². The standard InChI is InChI=1S/C8H7F3N2O3S/c1-17(15,16)5-2-3-6(12-4-5)13-7(14)8(9,10)11/h2-4H,1H3,(H,12,13,14). The summed E-state index contributed by atoms with van der Waals surface area (Å²) in [7, 11) is -3.47. The van der Waals surface area contributed by atoms with Crippen molar-refractivity contribution in [2.45, 2.75) is 11.1 Å². The lowest BCUT2D eigenvalue weighted by molar-refractivity contribution is -0.167. The lowest BCUT2D eigenvalue weighted by Crippen LogP contribution is -2.30. The summed E-state index contributed by atoms with van der Waals surface area (Å²) < 4.78 is 57.6. The average Bonchev–Trinajstić information content (AvgIpc) is 2.15. The first-order valence-corrected chi connectivity index (χ1v) is 6.04. The molecule has 9 heteroatoms. The van der Waals surface area contributed by atoms with Crippen molar-refractivity contribution in [2.75, 3.05) is 11.6 Å². The Morgan fingerprint density at radius 2 is 1.94 bits per heavy atom. The van der Waals surface area contributed by atoms with Crippen LogP contribution in [0.25, 0.3) is 0 Å². The Bertz CT molecular complexity index is 522. The van der Waals surface area contributed by atoms with Crippen LogP contribution in [-0.2, 0) is 14.6 Å². The zero-order valence-corrected chi connectivity index (χ0v) is 9.26. The van der Waals surface area contributed by atoms with Crippen molar-refractivity contribution >= 4 is 21.6 Å². The van der Waals surface area contributed by atoms with Crippen LogP contribution in [-0.4, -0.2) is 31.7 Å². The molecule has 0 bridgehead atoms. The molecule has 0 saturated heterocycles. The molecular weight excluding hydrogens is 261 g/mol. The Balaban J connectivity index is 2.87. The molecule has 0 unspecified atom stereocenters. The lowest BCUT2D eigenvalue weighted by Gasteiger charge is -2.07. The molecule has 5 nitrogen and oxygen atoms in total. The van der Waals surface area contributed by atoms with Crippen LogP contribution in [0, 0.1) is 0 Å². The third kappa shape index (κ3) is 3.70. The van der Waals surface area contributed by atoms with Crippen LogP contribution in [0.5, 0.6) is 0 Å². The predicted molar refractivity (Wildman–Crippen MR) is 52.0 cm³/mol. The molecule has 0 radical (unpaired) electrons. The highest BCUT2D eigenvalue weighted by Crippen LogP contribution is 2.17. The smallest absolute Gasteiger partial charge is 0.303 e. The van der Waals surface area contributed by atoms with Crippen LogP contribution in [0.1, 0.15) is 0 Å². The number of hydrogen-bond donors (Lipinski definition) is 1. The monoisotopic (exact) mass is 268 g/mol. The normalized spacial score (nSPS) is 12.2. The average molecular weight is 268 g/mol. The summed E-state index contributed by atoms with van der Waals surface area (Å²) >= 11 is 0. The van der Waals surface area contributed by atoms with Gasteiger partial charge in [-0.1, -0.05) is 0 Å². The molecule has 0 spiro atoms. The fraction of sp³-hybridized carbons (Fsp3) is 0.250. The Kier molecular flexibility index (Phi) is 3.41. The quantitative estimate of drug-likeness (QED) is 0.867. The molecule has 1 N–H and O–H groups in total. The fourth-order valence-corrected chi connectivity index (χ4v) is 1.42. The number of hydrogen-bond acceptors (Lipinski definition) is 4. The van der Waals surface area contributed by atoms with E-state index in [2.05, 4.69) is 4.98 Å². The second-order valence-corrected chi connectivity index (χ2v) is 5.12. The number of nitrogens with zero attached hydrogens (tertiary/aromatic N) is 1. The first-order valence-electron chi connectivity index (χ1n) is 4.15. The number of carbonyl (C=O) groups is 1. The highest BCUT2D eigenvalue weighted by molar-refractivity contribution is 7.90. The van der Waals surface area contributed by atoms with Gasteiger partial charge in [-0.3, -0.25) is 4.79 Å². The molecule has 17 heavy (non-hydrogen) atoms. The van der Waals surface area contributed by atoms with Gasteiger partial charge in [0, 0.05) is 12.5 Å². The van der Waals surface area contributed by atoms with Crippen LogP contribution >= 0.6 is 0 Å². The molecule has 0 fully saturated rings. The largest absolute Gasteiger partial charge is 0.471 e. The molecule has 0 aliphatic heterocycles. The summed E-state index contributed by atoms with van der Waals surface area (Å²) in [6.45, 7) is 0. The van der Waals surface area contributed by atoms with Gasteiger partial charge >= 0.3 is 12.1 Å². The van der Waals surface area contributed by atoms with E-state index in [-0.39, 0.29) is 10.7 Å². The van der Waals surface area contributed by atoms with Gasteiger partial charge in [0.25, 0.3) is 0 Å². The molecule has 1 heterocycles. The number of carbonyl (C=O) groups excluding carboxylic acids is 1. The molecule has 0 aromatic carbocycles. The van der Waals surface area contributed by atoms with Crippen molar-refractivity contribution in [1.29, 1.82) is 0 Å². The zero-order chi connectivity index (χ0) is 13.3. The van der Waals surface area contributed by atoms with Crippen LogP contribution in [0.15, 0.2) is 23.2 Å². The van der Waals surface area contributed by atoms with E-state index >= 15 is 0 Å². The van der Waals surface area contributed by atoms with Crippen molar-refractivity contribution in [1.82, 2.24) is 4.98 Å². The predicted octanol–water partition coefficient (Wildman–Crippen LogP) is 0.986. The summed E-state index contributed by atoms with van der Waals surface area (Å²) in [5.41, 5.74) is 0. The number of halogens is 3. The third-order valence-electron chi connectivity index (χ3n) is 1.66. The maximum Gasteiger partial charge on any atom is 0.471 e. The van der Waals surface area contributed by atoms with Gasteiger partial charge in [-0.05, 0) is 12.1 Å². The maximum absolute atomic E-state index is 11.9. The molecule has 1 aromatic heterocycles. The van der Waals surface area contributed by atoms with Crippen molar-refractivity contribution < 1.29 is 26.4 Å². The van der Waals surface area contributed by atoms with E-state index in [0.29, 0.717) is 0 Å². The lowest BCUT2D eigenvalue weighted by atomic mass is 10.4. The van der Waals surface area contributed by atoms with E-state index in [1.54, 1.807) is 0 Å². The minimum Gasteiger partial charge on any atom is -0.303 e. The topological polar surface area (TPSA) is 76.1 Å². The van der Waals surface area contributed by atoms with Gasteiger partial charge in [-0.2, -0.15) is 13.2 Å². The molecule has 0 saturated carbocycles. The van der Waals surface area contributed by atoms with Gasteiger partial charge < -0.3 is 5.32 Å².